The van der Waals surface area contributed by atoms with Gasteiger partial charge in [-0.25, -0.2) is 4.79 Å². The summed E-state index contributed by atoms with van der Waals surface area (Å²) in [6, 6.07) is 0. The van der Waals surface area contributed by atoms with E-state index in [0.29, 0.717) is 5.57 Å². The van der Waals surface area contributed by atoms with Gasteiger partial charge in [0, 0.05) is 5.57 Å². The average molecular weight is 162 g/mol. The van der Waals surface area contributed by atoms with Crippen LogP contribution in [0.2, 0.25) is 0 Å². The van der Waals surface area contributed by atoms with Crippen LogP contribution in [0.5, 0.6) is 0 Å². The molecule has 0 bridgehead atoms. The SMILES string of the molecule is CC=C(C)C(=O)O.OCCO. The number of hydrogen-bond donors (Lipinski definition) is 3. The minimum atomic E-state index is -0.845. The monoisotopic (exact) mass is 162 g/mol. The quantitative estimate of drug-likeness (QED) is 0.500. The Morgan fingerprint density at radius 2 is 1.73 bits per heavy atom. The van der Waals surface area contributed by atoms with E-state index in [1.807, 2.05) is 0 Å². The smallest absolute Gasteiger partial charge is 0.330 e. The number of rotatable bonds is 2. The molecule has 0 saturated carbocycles. The highest BCUT2D eigenvalue weighted by Gasteiger charge is 1.93. The van der Waals surface area contributed by atoms with Crippen LogP contribution in [0.15, 0.2) is 11.6 Å². The molecule has 0 heterocycles. The normalized spacial score (nSPS) is 10.0. The number of hydrogen-bond acceptors (Lipinski definition) is 3. The third-order valence-corrected chi connectivity index (χ3v) is 0.870. The van der Waals surface area contributed by atoms with Crippen molar-refractivity contribution in [3.8, 4) is 0 Å². The van der Waals surface area contributed by atoms with Gasteiger partial charge in [0.05, 0.1) is 13.2 Å². The first-order valence-electron chi connectivity index (χ1n) is 3.18. The molecule has 0 aliphatic carbocycles. The molecule has 0 fully saturated rings. The van der Waals surface area contributed by atoms with Crippen LogP contribution in [0.25, 0.3) is 0 Å². The van der Waals surface area contributed by atoms with Crippen LogP contribution in [-0.4, -0.2) is 34.5 Å². The maximum absolute atomic E-state index is 9.86. The van der Waals surface area contributed by atoms with E-state index in [0.717, 1.165) is 0 Å². The molecule has 0 rings (SSSR count). The number of aliphatic hydroxyl groups excluding tert-OH is 2. The zero-order chi connectivity index (χ0) is 9.28. The summed E-state index contributed by atoms with van der Waals surface area (Å²) in [5.74, 6) is -0.845. The molecule has 0 radical (unpaired) electrons. The van der Waals surface area contributed by atoms with Crippen LogP contribution >= 0.6 is 0 Å². The van der Waals surface area contributed by atoms with Crippen molar-refractivity contribution in [2.45, 2.75) is 13.8 Å². The molecule has 4 nitrogen and oxygen atoms in total. The minimum absolute atomic E-state index is 0.125. The summed E-state index contributed by atoms with van der Waals surface area (Å²) in [7, 11) is 0. The summed E-state index contributed by atoms with van der Waals surface area (Å²) in [5.41, 5.74) is 0.389. The second-order valence-electron chi connectivity index (χ2n) is 1.72. The number of aliphatic hydroxyl groups is 2. The molecule has 3 N–H and O–H groups in total. The van der Waals surface area contributed by atoms with Gasteiger partial charge in [-0.3, -0.25) is 0 Å². The highest BCUT2D eigenvalue weighted by atomic mass is 16.4. The molecule has 11 heavy (non-hydrogen) atoms. The van der Waals surface area contributed by atoms with Gasteiger partial charge >= 0.3 is 5.97 Å². The van der Waals surface area contributed by atoms with Gasteiger partial charge in [-0.15, -0.1) is 0 Å². The zero-order valence-electron chi connectivity index (χ0n) is 6.74. The fraction of sp³-hybridized carbons (Fsp3) is 0.571. The predicted molar refractivity (Wildman–Crippen MR) is 41.2 cm³/mol. The largest absolute Gasteiger partial charge is 0.478 e. The van der Waals surface area contributed by atoms with Gasteiger partial charge in [-0.1, -0.05) is 6.08 Å². The van der Waals surface area contributed by atoms with Crippen molar-refractivity contribution in [3.05, 3.63) is 11.6 Å². The van der Waals surface area contributed by atoms with Gasteiger partial charge in [0.1, 0.15) is 0 Å². The van der Waals surface area contributed by atoms with E-state index in [4.69, 9.17) is 15.3 Å². The van der Waals surface area contributed by atoms with Crippen molar-refractivity contribution in [1.82, 2.24) is 0 Å². The highest BCUT2D eigenvalue weighted by molar-refractivity contribution is 5.85. The highest BCUT2D eigenvalue weighted by Crippen LogP contribution is 1.87. The molecule has 0 aliphatic rings. The maximum atomic E-state index is 9.86. The first-order chi connectivity index (χ1) is 5.09. The molecule has 0 aromatic heterocycles. The Morgan fingerprint density at radius 1 is 1.36 bits per heavy atom. The first kappa shape index (κ1) is 12.8. The van der Waals surface area contributed by atoms with E-state index in [1.165, 1.54) is 0 Å². The Balaban J connectivity index is 0. The van der Waals surface area contributed by atoms with Crippen LogP contribution in [0.1, 0.15) is 13.8 Å². The van der Waals surface area contributed by atoms with Crippen molar-refractivity contribution in [2.75, 3.05) is 13.2 Å². The molecular weight excluding hydrogens is 148 g/mol. The van der Waals surface area contributed by atoms with Gasteiger partial charge in [0.2, 0.25) is 0 Å². The number of allylic oxidation sites excluding steroid dienone is 1. The average Bonchev–Trinajstić information content (AvgIpc) is 2.03. The van der Waals surface area contributed by atoms with Gasteiger partial charge in [0.15, 0.2) is 0 Å². The van der Waals surface area contributed by atoms with Gasteiger partial charge < -0.3 is 15.3 Å². The summed E-state index contributed by atoms with van der Waals surface area (Å²) in [6.07, 6.45) is 1.56. The lowest BCUT2D eigenvalue weighted by molar-refractivity contribution is -0.132. The van der Waals surface area contributed by atoms with Gasteiger partial charge in [-0.2, -0.15) is 0 Å². The Labute approximate surface area is 65.8 Å². The van der Waals surface area contributed by atoms with Crippen molar-refractivity contribution in [3.63, 3.8) is 0 Å². The molecule has 0 unspecified atom stereocenters. The van der Waals surface area contributed by atoms with Gasteiger partial charge in [0.25, 0.3) is 0 Å². The van der Waals surface area contributed by atoms with Crippen molar-refractivity contribution in [1.29, 1.82) is 0 Å². The van der Waals surface area contributed by atoms with Gasteiger partial charge in [-0.05, 0) is 13.8 Å². The van der Waals surface area contributed by atoms with E-state index < -0.39 is 5.97 Å². The van der Waals surface area contributed by atoms with Crippen LogP contribution in [0.3, 0.4) is 0 Å². The van der Waals surface area contributed by atoms with E-state index >= 15 is 0 Å². The molecule has 0 aromatic rings. The molecule has 0 amide bonds. The fourth-order valence-corrected chi connectivity index (χ4v) is 0.123. The summed E-state index contributed by atoms with van der Waals surface area (Å²) in [4.78, 5) is 9.86. The molecular formula is C7H14O4. The third kappa shape index (κ3) is 12.4. The van der Waals surface area contributed by atoms with E-state index in [-0.39, 0.29) is 13.2 Å². The summed E-state index contributed by atoms with van der Waals surface area (Å²) in [6.45, 7) is 3.01. The molecule has 0 spiro atoms. The van der Waals surface area contributed by atoms with E-state index in [9.17, 15) is 4.79 Å². The number of carboxylic acids is 1. The number of carboxylic acid groups (broad SMARTS) is 1. The molecule has 0 saturated heterocycles. The Bertz CT molecular complexity index is 126. The van der Waals surface area contributed by atoms with Crippen molar-refractivity contribution >= 4 is 5.97 Å². The lowest BCUT2D eigenvalue weighted by Gasteiger charge is -1.84. The predicted octanol–water partition coefficient (Wildman–Crippen LogP) is 0.00820. The van der Waals surface area contributed by atoms with Crippen molar-refractivity contribution < 1.29 is 20.1 Å². The van der Waals surface area contributed by atoms with Crippen LogP contribution in [-0.2, 0) is 4.79 Å². The molecule has 4 heteroatoms. The molecule has 0 aromatic carbocycles. The summed E-state index contributed by atoms with van der Waals surface area (Å²) >= 11 is 0. The second-order valence-corrected chi connectivity index (χ2v) is 1.72. The Hall–Kier alpha value is -0.870. The van der Waals surface area contributed by atoms with Crippen LogP contribution in [0.4, 0.5) is 0 Å². The minimum Gasteiger partial charge on any atom is -0.478 e. The molecule has 0 aliphatic heterocycles. The zero-order valence-corrected chi connectivity index (χ0v) is 6.74. The summed E-state index contributed by atoms with van der Waals surface area (Å²) in [5, 5.41) is 23.4. The number of carbonyl (C=O) groups is 1. The van der Waals surface area contributed by atoms with Crippen LogP contribution < -0.4 is 0 Å². The Morgan fingerprint density at radius 3 is 1.73 bits per heavy atom. The second kappa shape index (κ2) is 9.13. The lowest BCUT2D eigenvalue weighted by atomic mass is 10.3. The van der Waals surface area contributed by atoms with Crippen LogP contribution in [0, 0.1) is 0 Å². The lowest BCUT2D eigenvalue weighted by Crippen LogP contribution is -1.93. The first-order valence-corrected chi connectivity index (χ1v) is 3.18. The van der Waals surface area contributed by atoms with E-state index in [1.54, 1.807) is 19.9 Å². The van der Waals surface area contributed by atoms with E-state index in [2.05, 4.69) is 0 Å². The topological polar surface area (TPSA) is 77.8 Å². The third-order valence-electron chi connectivity index (χ3n) is 0.870. The fourth-order valence-electron chi connectivity index (χ4n) is 0.123. The van der Waals surface area contributed by atoms with Crippen molar-refractivity contribution in [2.24, 2.45) is 0 Å². The number of aliphatic carboxylic acids is 1. The molecule has 66 valence electrons. The molecule has 0 atom stereocenters. The summed E-state index contributed by atoms with van der Waals surface area (Å²) < 4.78 is 0. The maximum Gasteiger partial charge on any atom is 0.330 e. The standard InChI is InChI=1S/C5H8O2.C2H6O2/c1-3-4(2)5(6)7;3-1-2-4/h3H,1-2H3,(H,6,7);3-4H,1-2H2. The Kier molecular flexibility index (Phi) is 10.6.